The van der Waals surface area contributed by atoms with Crippen molar-refractivity contribution in [3.8, 4) is 5.75 Å². The standard InChI is InChI=1S/C13H16N2OS/c1-16-8-5-6-11-12(7-8)17-13(15-11)9-3-2-4-10(9)14/h5-7,9-10H,2-4,14H2,1H3. The van der Waals surface area contributed by atoms with Crippen molar-refractivity contribution in [3.63, 3.8) is 0 Å². The lowest BCUT2D eigenvalue weighted by Gasteiger charge is -2.10. The van der Waals surface area contributed by atoms with E-state index >= 15 is 0 Å². The first-order valence-corrected chi connectivity index (χ1v) is 6.79. The molecule has 0 spiro atoms. The third kappa shape index (κ3) is 1.91. The van der Waals surface area contributed by atoms with Gasteiger partial charge < -0.3 is 10.5 Å². The Morgan fingerprint density at radius 2 is 2.29 bits per heavy atom. The Bertz CT molecular complexity index is 537. The predicted molar refractivity (Wildman–Crippen MR) is 70.7 cm³/mol. The monoisotopic (exact) mass is 248 g/mol. The third-order valence-electron chi connectivity index (χ3n) is 3.50. The van der Waals surface area contributed by atoms with Crippen molar-refractivity contribution in [2.24, 2.45) is 5.73 Å². The molecule has 17 heavy (non-hydrogen) atoms. The van der Waals surface area contributed by atoms with Crippen molar-refractivity contribution in [2.45, 2.75) is 31.2 Å². The number of aromatic nitrogens is 1. The van der Waals surface area contributed by atoms with Crippen LogP contribution >= 0.6 is 11.3 Å². The number of rotatable bonds is 2. The van der Waals surface area contributed by atoms with Gasteiger partial charge in [0, 0.05) is 12.0 Å². The Morgan fingerprint density at radius 1 is 1.41 bits per heavy atom. The summed E-state index contributed by atoms with van der Waals surface area (Å²) in [4.78, 5) is 4.70. The summed E-state index contributed by atoms with van der Waals surface area (Å²) in [6.45, 7) is 0. The van der Waals surface area contributed by atoms with Gasteiger partial charge in [0.25, 0.3) is 0 Å². The molecule has 1 heterocycles. The second-order valence-electron chi connectivity index (χ2n) is 4.59. The van der Waals surface area contributed by atoms with Gasteiger partial charge in [-0.15, -0.1) is 11.3 Å². The Hall–Kier alpha value is -1.13. The minimum Gasteiger partial charge on any atom is -0.497 e. The van der Waals surface area contributed by atoms with Crippen molar-refractivity contribution >= 4 is 21.6 Å². The average molecular weight is 248 g/mol. The average Bonchev–Trinajstić information content (AvgIpc) is 2.93. The molecule has 2 N–H and O–H groups in total. The van der Waals surface area contributed by atoms with Crippen molar-refractivity contribution in [3.05, 3.63) is 23.2 Å². The van der Waals surface area contributed by atoms with Gasteiger partial charge in [0.15, 0.2) is 0 Å². The summed E-state index contributed by atoms with van der Waals surface area (Å²) in [6, 6.07) is 6.32. The fourth-order valence-corrected chi connectivity index (χ4v) is 3.71. The van der Waals surface area contributed by atoms with Crippen LogP contribution in [0, 0.1) is 0 Å². The van der Waals surface area contributed by atoms with Gasteiger partial charge in [-0.3, -0.25) is 0 Å². The predicted octanol–water partition coefficient (Wildman–Crippen LogP) is 2.90. The minimum absolute atomic E-state index is 0.289. The zero-order valence-electron chi connectivity index (χ0n) is 9.85. The van der Waals surface area contributed by atoms with Crippen LogP contribution in [0.2, 0.25) is 0 Å². The van der Waals surface area contributed by atoms with Crippen LogP contribution in [0.1, 0.15) is 30.2 Å². The fraction of sp³-hybridized carbons (Fsp3) is 0.462. The van der Waals surface area contributed by atoms with Crippen LogP contribution in [0.5, 0.6) is 5.75 Å². The zero-order chi connectivity index (χ0) is 11.8. The van der Waals surface area contributed by atoms with E-state index in [9.17, 15) is 0 Å². The Labute approximate surface area is 105 Å². The van der Waals surface area contributed by atoms with E-state index in [0.717, 1.165) is 17.7 Å². The topological polar surface area (TPSA) is 48.1 Å². The van der Waals surface area contributed by atoms with Crippen LogP contribution in [0.15, 0.2) is 18.2 Å². The second kappa shape index (κ2) is 4.27. The third-order valence-corrected chi connectivity index (χ3v) is 4.65. The molecule has 2 atom stereocenters. The van der Waals surface area contributed by atoms with Crippen molar-refractivity contribution in [1.82, 2.24) is 4.98 Å². The number of benzene rings is 1. The molecule has 1 aromatic carbocycles. The molecule has 0 amide bonds. The molecule has 1 aromatic heterocycles. The molecular weight excluding hydrogens is 232 g/mol. The first kappa shape index (κ1) is 11.0. The van der Waals surface area contributed by atoms with Crippen LogP contribution in [0.4, 0.5) is 0 Å². The Morgan fingerprint density at radius 3 is 3.00 bits per heavy atom. The molecule has 0 aliphatic heterocycles. The number of nitrogens with zero attached hydrogens (tertiary/aromatic N) is 1. The van der Waals surface area contributed by atoms with Crippen molar-refractivity contribution < 1.29 is 4.74 Å². The van der Waals surface area contributed by atoms with Gasteiger partial charge in [-0.1, -0.05) is 6.42 Å². The molecule has 3 nitrogen and oxygen atoms in total. The summed E-state index contributed by atoms with van der Waals surface area (Å²) in [5.41, 5.74) is 7.19. The van der Waals surface area contributed by atoms with Gasteiger partial charge in [-0.05, 0) is 31.0 Å². The van der Waals surface area contributed by atoms with Crippen LogP contribution in [0.25, 0.3) is 10.2 Å². The number of fused-ring (bicyclic) bond motifs is 1. The smallest absolute Gasteiger partial charge is 0.120 e. The van der Waals surface area contributed by atoms with Gasteiger partial charge in [0.1, 0.15) is 5.75 Å². The summed E-state index contributed by atoms with van der Waals surface area (Å²) in [5.74, 6) is 1.35. The SMILES string of the molecule is COc1ccc2nc(C3CCCC3N)sc2c1. The van der Waals surface area contributed by atoms with E-state index in [2.05, 4.69) is 6.07 Å². The molecule has 1 aliphatic rings. The molecular formula is C13H16N2OS. The summed E-state index contributed by atoms with van der Waals surface area (Å²) >= 11 is 1.76. The van der Waals surface area contributed by atoms with Crippen molar-refractivity contribution in [2.75, 3.05) is 7.11 Å². The highest BCUT2D eigenvalue weighted by Gasteiger charge is 2.28. The summed E-state index contributed by atoms with van der Waals surface area (Å²) in [6.07, 6.45) is 3.53. The first-order chi connectivity index (χ1) is 8.28. The summed E-state index contributed by atoms with van der Waals surface area (Å²) in [5, 5.41) is 1.19. The van der Waals surface area contributed by atoms with Crippen LogP contribution in [-0.2, 0) is 0 Å². The van der Waals surface area contributed by atoms with Gasteiger partial charge in [-0.2, -0.15) is 0 Å². The van der Waals surface area contributed by atoms with E-state index in [1.807, 2.05) is 12.1 Å². The second-order valence-corrected chi connectivity index (χ2v) is 5.65. The number of hydrogen-bond donors (Lipinski definition) is 1. The quantitative estimate of drug-likeness (QED) is 0.889. The lowest BCUT2D eigenvalue weighted by atomic mass is 10.1. The van der Waals surface area contributed by atoms with Crippen LogP contribution in [-0.4, -0.2) is 18.1 Å². The molecule has 0 bridgehead atoms. The highest BCUT2D eigenvalue weighted by molar-refractivity contribution is 7.18. The minimum atomic E-state index is 0.289. The van der Waals surface area contributed by atoms with E-state index in [1.165, 1.54) is 22.5 Å². The molecule has 2 aromatic rings. The number of nitrogens with two attached hydrogens (primary N) is 1. The summed E-state index contributed by atoms with van der Waals surface area (Å²) < 4.78 is 6.43. The molecule has 3 rings (SSSR count). The van der Waals surface area contributed by atoms with Gasteiger partial charge in [-0.25, -0.2) is 4.98 Å². The van der Waals surface area contributed by atoms with Gasteiger partial charge in [0.05, 0.1) is 22.3 Å². The zero-order valence-corrected chi connectivity index (χ0v) is 10.7. The van der Waals surface area contributed by atoms with E-state index in [0.29, 0.717) is 5.92 Å². The molecule has 1 aliphatic carbocycles. The molecule has 2 unspecified atom stereocenters. The first-order valence-electron chi connectivity index (χ1n) is 5.98. The largest absolute Gasteiger partial charge is 0.497 e. The maximum Gasteiger partial charge on any atom is 0.120 e. The van der Waals surface area contributed by atoms with Crippen molar-refractivity contribution in [1.29, 1.82) is 0 Å². The maximum absolute atomic E-state index is 6.13. The molecule has 4 heteroatoms. The van der Waals surface area contributed by atoms with Gasteiger partial charge >= 0.3 is 0 Å². The lowest BCUT2D eigenvalue weighted by molar-refractivity contribution is 0.415. The fourth-order valence-electron chi connectivity index (χ4n) is 2.50. The van der Waals surface area contributed by atoms with Crippen LogP contribution in [0.3, 0.4) is 0 Å². The molecule has 1 saturated carbocycles. The molecule has 90 valence electrons. The van der Waals surface area contributed by atoms with E-state index in [-0.39, 0.29) is 6.04 Å². The normalized spacial score (nSPS) is 24.4. The van der Waals surface area contributed by atoms with E-state index in [4.69, 9.17) is 15.5 Å². The Kier molecular flexibility index (Phi) is 2.76. The lowest BCUT2D eigenvalue weighted by Crippen LogP contribution is -2.22. The molecule has 1 fully saturated rings. The number of hydrogen-bond acceptors (Lipinski definition) is 4. The number of methoxy groups -OCH3 is 1. The molecule has 0 radical (unpaired) electrons. The number of ether oxygens (including phenoxy) is 1. The highest BCUT2D eigenvalue weighted by Crippen LogP contribution is 2.38. The van der Waals surface area contributed by atoms with E-state index < -0.39 is 0 Å². The number of thiazole rings is 1. The molecule has 0 saturated heterocycles. The highest BCUT2D eigenvalue weighted by atomic mass is 32.1. The van der Waals surface area contributed by atoms with Crippen LogP contribution < -0.4 is 10.5 Å². The summed E-state index contributed by atoms with van der Waals surface area (Å²) in [7, 11) is 1.69. The van der Waals surface area contributed by atoms with E-state index in [1.54, 1.807) is 18.4 Å². The Balaban J connectivity index is 2.01. The maximum atomic E-state index is 6.13. The van der Waals surface area contributed by atoms with Gasteiger partial charge in [0.2, 0.25) is 0 Å².